The van der Waals surface area contributed by atoms with Crippen molar-refractivity contribution in [3.8, 4) is 11.5 Å². The van der Waals surface area contributed by atoms with Crippen LogP contribution in [0, 0.1) is 6.92 Å². The van der Waals surface area contributed by atoms with Gasteiger partial charge in [0.25, 0.3) is 0 Å². The van der Waals surface area contributed by atoms with E-state index < -0.39 is 0 Å². The van der Waals surface area contributed by atoms with Gasteiger partial charge in [-0.3, -0.25) is 9.59 Å². The molecule has 0 radical (unpaired) electrons. The van der Waals surface area contributed by atoms with Crippen molar-refractivity contribution in [1.29, 1.82) is 0 Å². The van der Waals surface area contributed by atoms with Gasteiger partial charge in [0, 0.05) is 24.1 Å². The molecule has 0 aliphatic heterocycles. The van der Waals surface area contributed by atoms with Crippen LogP contribution in [0.4, 0.5) is 5.69 Å². The van der Waals surface area contributed by atoms with Crippen molar-refractivity contribution in [3.05, 3.63) is 65.7 Å². The minimum atomic E-state index is -0.377. The first-order valence-electron chi connectivity index (χ1n) is 9.12. The quantitative estimate of drug-likeness (QED) is 0.344. The Bertz CT molecular complexity index is 905. The molecule has 0 bridgehead atoms. The zero-order chi connectivity index (χ0) is 21.2. The Kier molecular flexibility index (Phi) is 7.97. The second kappa shape index (κ2) is 10.7. The number of methoxy groups -OCH3 is 1. The number of anilines is 1. The number of hydrogen-bond donors (Lipinski definition) is 3. The summed E-state index contributed by atoms with van der Waals surface area (Å²) in [6, 6.07) is 10.7. The van der Waals surface area contributed by atoms with Gasteiger partial charge in [-0.2, -0.15) is 5.10 Å². The lowest BCUT2D eigenvalue weighted by atomic mass is 10.1. The van der Waals surface area contributed by atoms with Crippen LogP contribution in [0.2, 0.25) is 0 Å². The standard InChI is InChI=1S/C22H25N3O4/c1-4-5-17-12-16(13-19(29-3)22(17)28)14-23-25-21(27)11-10-20(26)24-18-8-6-15(2)7-9-18/h4,6-9,12-14,28H,1,5,10-11H2,2-3H3,(H,24,26)(H,25,27)/b23-14+. The summed E-state index contributed by atoms with van der Waals surface area (Å²) >= 11 is 0. The molecule has 152 valence electrons. The zero-order valence-electron chi connectivity index (χ0n) is 16.6. The van der Waals surface area contributed by atoms with Crippen LogP contribution >= 0.6 is 0 Å². The van der Waals surface area contributed by atoms with E-state index in [1.165, 1.54) is 13.3 Å². The average Bonchev–Trinajstić information content (AvgIpc) is 2.70. The molecule has 0 spiro atoms. The van der Waals surface area contributed by atoms with Crippen LogP contribution in [-0.4, -0.2) is 30.2 Å². The van der Waals surface area contributed by atoms with Gasteiger partial charge >= 0.3 is 0 Å². The fourth-order valence-electron chi connectivity index (χ4n) is 2.55. The first-order valence-corrected chi connectivity index (χ1v) is 9.12. The number of ether oxygens (including phenoxy) is 1. The van der Waals surface area contributed by atoms with Crippen LogP contribution in [0.25, 0.3) is 0 Å². The number of phenolic OH excluding ortho intramolecular Hbond substituents is 1. The molecule has 7 nitrogen and oxygen atoms in total. The number of allylic oxidation sites excluding steroid dienone is 1. The molecule has 2 aromatic carbocycles. The third kappa shape index (κ3) is 6.80. The summed E-state index contributed by atoms with van der Waals surface area (Å²) in [7, 11) is 1.46. The van der Waals surface area contributed by atoms with Crippen LogP contribution in [0.1, 0.15) is 29.5 Å². The van der Waals surface area contributed by atoms with E-state index in [2.05, 4.69) is 22.4 Å². The summed E-state index contributed by atoms with van der Waals surface area (Å²) in [6.45, 7) is 5.62. The van der Waals surface area contributed by atoms with E-state index in [4.69, 9.17) is 4.74 Å². The molecule has 29 heavy (non-hydrogen) atoms. The Morgan fingerprint density at radius 3 is 2.52 bits per heavy atom. The van der Waals surface area contributed by atoms with Crippen LogP contribution in [0.3, 0.4) is 0 Å². The highest BCUT2D eigenvalue weighted by Gasteiger charge is 2.09. The van der Waals surface area contributed by atoms with E-state index >= 15 is 0 Å². The normalized spacial score (nSPS) is 10.6. The number of hydrazone groups is 1. The molecule has 2 amide bonds. The second-order valence-corrected chi connectivity index (χ2v) is 6.43. The van der Waals surface area contributed by atoms with Gasteiger partial charge < -0.3 is 15.2 Å². The molecule has 0 saturated heterocycles. The molecule has 0 aliphatic rings. The maximum Gasteiger partial charge on any atom is 0.240 e. The lowest BCUT2D eigenvalue weighted by Gasteiger charge is -2.09. The highest BCUT2D eigenvalue weighted by molar-refractivity contribution is 5.93. The van der Waals surface area contributed by atoms with E-state index in [0.717, 1.165) is 5.56 Å². The molecule has 0 heterocycles. The molecule has 0 aromatic heterocycles. The Morgan fingerprint density at radius 2 is 1.86 bits per heavy atom. The van der Waals surface area contributed by atoms with E-state index in [0.29, 0.717) is 29.0 Å². The number of nitrogens with one attached hydrogen (secondary N) is 2. The predicted octanol–water partition coefficient (Wildman–Crippen LogP) is 3.31. The van der Waals surface area contributed by atoms with Crippen molar-refractivity contribution in [2.24, 2.45) is 5.10 Å². The molecule has 0 fully saturated rings. The van der Waals surface area contributed by atoms with E-state index in [9.17, 15) is 14.7 Å². The monoisotopic (exact) mass is 395 g/mol. The molecule has 7 heteroatoms. The third-order valence-electron chi connectivity index (χ3n) is 4.08. The van der Waals surface area contributed by atoms with E-state index in [-0.39, 0.29) is 30.4 Å². The Morgan fingerprint density at radius 1 is 1.17 bits per heavy atom. The van der Waals surface area contributed by atoms with Gasteiger partial charge in [0.1, 0.15) is 0 Å². The van der Waals surface area contributed by atoms with Crippen LogP contribution in [-0.2, 0) is 16.0 Å². The van der Waals surface area contributed by atoms with Crippen molar-refractivity contribution in [3.63, 3.8) is 0 Å². The summed E-state index contributed by atoms with van der Waals surface area (Å²) in [5.41, 5.74) is 5.46. The molecule has 0 aliphatic carbocycles. The van der Waals surface area contributed by atoms with Crippen molar-refractivity contribution in [1.82, 2.24) is 5.43 Å². The van der Waals surface area contributed by atoms with Gasteiger partial charge in [0.15, 0.2) is 11.5 Å². The fraction of sp³-hybridized carbons (Fsp3) is 0.227. The Hall–Kier alpha value is -3.61. The highest BCUT2D eigenvalue weighted by atomic mass is 16.5. The number of hydrogen-bond acceptors (Lipinski definition) is 5. The first kappa shape index (κ1) is 21.7. The average molecular weight is 395 g/mol. The molecular formula is C22H25N3O4. The minimum Gasteiger partial charge on any atom is -0.504 e. The number of carbonyl (C=O) groups is 2. The number of phenols is 1. The summed E-state index contributed by atoms with van der Waals surface area (Å²) in [4.78, 5) is 23.8. The molecule has 0 unspecified atom stereocenters. The first-order chi connectivity index (χ1) is 13.9. The third-order valence-corrected chi connectivity index (χ3v) is 4.08. The van der Waals surface area contributed by atoms with Crippen LogP contribution < -0.4 is 15.5 Å². The lowest BCUT2D eigenvalue weighted by Crippen LogP contribution is -2.20. The SMILES string of the molecule is C=CCc1cc(/C=N/NC(=O)CCC(=O)Nc2ccc(C)cc2)cc(OC)c1O. The fourth-order valence-corrected chi connectivity index (χ4v) is 2.55. The number of aryl methyl sites for hydroxylation is 1. The van der Waals surface area contributed by atoms with Crippen LogP contribution in [0.5, 0.6) is 11.5 Å². The van der Waals surface area contributed by atoms with Crippen molar-refractivity contribution < 1.29 is 19.4 Å². The zero-order valence-corrected chi connectivity index (χ0v) is 16.6. The second-order valence-electron chi connectivity index (χ2n) is 6.43. The number of benzene rings is 2. The lowest BCUT2D eigenvalue weighted by molar-refractivity contribution is -0.124. The maximum absolute atomic E-state index is 11.9. The van der Waals surface area contributed by atoms with Crippen molar-refractivity contribution in [2.45, 2.75) is 26.2 Å². The topological polar surface area (TPSA) is 100 Å². The number of nitrogens with zero attached hydrogens (tertiary/aromatic N) is 1. The predicted molar refractivity (Wildman–Crippen MR) is 113 cm³/mol. The number of carbonyl (C=O) groups excluding carboxylic acids is 2. The Labute approximate surface area is 170 Å². The molecule has 2 aromatic rings. The largest absolute Gasteiger partial charge is 0.504 e. The molecule has 3 N–H and O–H groups in total. The molecule has 0 atom stereocenters. The van der Waals surface area contributed by atoms with Gasteiger partial charge in [-0.05, 0) is 43.2 Å². The van der Waals surface area contributed by atoms with Gasteiger partial charge in [-0.25, -0.2) is 5.43 Å². The van der Waals surface area contributed by atoms with E-state index in [1.807, 2.05) is 31.2 Å². The van der Waals surface area contributed by atoms with E-state index in [1.54, 1.807) is 18.2 Å². The van der Waals surface area contributed by atoms with Gasteiger partial charge in [0.05, 0.1) is 13.3 Å². The molecule has 0 saturated carbocycles. The van der Waals surface area contributed by atoms with Crippen LogP contribution in [0.15, 0.2) is 54.2 Å². The summed E-state index contributed by atoms with van der Waals surface area (Å²) in [5, 5.41) is 16.7. The molecular weight excluding hydrogens is 370 g/mol. The maximum atomic E-state index is 11.9. The Balaban J connectivity index is 1.86. The highest BCUT2D eigenvalue weighted by Crippen LogP contribution is 2.31. The minimum absolute atomic E-state index is 0.00957. The van der Waals surface area contributed by atoms with Crippen molar-refractivity contribution >= 4 is 23.7 Å². The number of aromatic hydroxyl groups is 1. The van der Waals surface area contributed by atoms with Gasteiger partial charge in [-0.1, -0.05) is 23.8 Å². The summed E-state index contributed by atoms with van der Waals surface area (Å²) in [6.07, 6.45) is 3.63. The number of rotatable bonds is 9. The number of amides is 2. The van der Waals surface area contributed by atoms with Gasteiger partial charge in [-0.15, -0.1) is 6.58 Å². The van der Waals surface area contributed by atoms with Crippen molar-refractivity contribution in [2.75, 3.05) is 12.4 Å². The van der Waals surface area contributed by atoms with Gasteiger partial charge in [0.2, 0.25) is 11.8 Å². The summed E-state index contributed by atoms with van der Waals surface area (Å²) < 4.78 is 5.14. The smallest absolute Gasteiger partial charge is 0.240 e. The molecule has 2 rings (SSSR count). The summed E-state index contributed by atoms with van der Waals surface area (Å²) in [5.74, 6) is -0.263.